The molecule has 9 heteroatoms. The smallest absolute Gasteiger partial charge is 0.338 e. The standard InChI is InChI=1S/C20H19N5O2S2/c1-3-25-17(16-15(21)14-9-6-10-22-18(14)29-16)23-24-20(25)28-11-12-7-4-5-8-13(12)19(26)27-2/h4-10H,3,11,21H2,1-2H3. The molecular formula is C20H19N5O2S2. The van der Waals surface area contributed by atoms with Gasteiger partial charge in [-0.25, -0.2) is 9.78 Å². The van der Waals surface area contributed by atoms with Gasteiger partial charge in [-0.2, -0.15) is 0 Å². The number of nitrogens with zero attached hydrogens (tertiary/aromatic N) is 4. The summed E-state index contributed by atoms with van der Waals surface area (Å²) in [4.78, 5) is 18.1. The van der Waals surface area contributed by atoms with Gasteiger partial charge in [-0.1, -0.05) is 30.0 Å². The molecule has 0 saturated carbocycles. The highest BCUT2D eigenvalue weighted by atomic mass is 32.2. The number of carbonyl (C=O) groups excluding carboxylic acids is 1. The minimum Gasteiger partial charge on any atom is -0.465 e. The fraction of sp³-hybridized carbons (Fsp3) is 0.200. The van der Waals surface area contributed by atoms with Gasteiger partial charge in [0.1, 0.15) is 4.83 Å². The summed E-state index contributed by atoms with van der Waals surface area (Å²) in [5.74, 6) is 0.966. The Morgan fingerprint density at radius 2 is 2.07 bits per heavy atom. The van der Waals surface area contributed by atoms with E-state index in [0.717, 1.165) is 31.6 Å². The maximum atomic E-state index is 12.0. The Hall–Kier alpha value is -2.91. The van der Waals surface area contributed by atoms with Crippen LogP contribution in [0.4, 0.5) is 5.69 Å². The molecule has 0 radical (unpaired) electrons. The number of nitrogens with two attached hydrogens (primary N) is 1. The van der Waals surface area contributed by atoms with E-state index in [1.54, 1.807) is 12.3 Å². The van der Waals surface area contributed by atoms with Gasteiger partial charge in [0.15, 0.2) is 11.0 Å². The molecule has 0 amide bonds. The second-order valence-electron chi connectivity index (χ2n) is 6.19. The van der Waals surface area contributed by atoms with Crippen molar-refractivity contribution in [2.75, 3.05) is 12.8 Å². The van der Waals surface area contributed by atoms with Gasteiger partial charge in [0.25, 0.3) is 0 Å². The van der Waals surface area contributed by atoms with E-state index in [2.05, 4.69) is 15.2 Å². The molecule has 4 rings (SSSR count). The number of thioether (sulfide) groups is 1. The topological polar surface area (TPSA) is 95.9 Å². The molecule has 7 nitrogen and oxygen atoms in total. The molecule has 0 aliphatic rings. The van der Waals surface area contributed by atoms with Crippen molar-refractivity contribution in [1.82, 2.24) is 19.7 Å². The Morgan fingerprint density at radius 3 is 2.83 bits per heavy atom. The third-order valence-corrected chi connectivity index (χ3v) is 6.66. The molecule has 4 aromatic rings. The third kappa shape index (κ3) is 3.58. The lowest BCUT2D eigenvalue weighted by molar-refractivity contribution is 0.0600. The van der Waals surface area contributed by atoms with E-state index in [0.29, 0.717) is 23.5 Å². The Kier molecular flexibility index (Phi) is 5.50. The second kappa shape index (κ2) is 8.22. The van der Waals surface area contributed by atoms with Crippen LogP contribution in [0.1, 0.15) is 22.8 Å². The van der Waals surface area contributed by atoms with Crippen molar-refractivity contribution in [2.24, 2.45) is 0 Å². The number of aromatic nitrogens is 4. The second-order valence-corrected chi connectivity index (χ2v) is 8.13. The lowest BCUT2D eigenvalue weighted by atomic mass is 10.1. The van der Waals surface area contributed by atoms with Gasteiger partial charge in [0, 0.05) is 23.9 Å². The van der Waals surface area contributed by atoms with Crippen molar-refractivity contribution in [1.29, 1.82) is 0 Å². The third-order valence-electron chi connectivity index (χ3n) is 4.52. The SMILES string of the molecule is CCn1c(SCc2ccccc2C(=O)OC)nnc1-c1sc2ncccc2c1N. The van der Waals surface area contributed by atoms with Crippen molar-refractivity contribution >= 4 is 45.0 Å². The van der Waals surface area contributed by atoms with E-state index in [4.69, 9.17) is 10.5 Å². The first kappa shape index (κ1) is 19.4. The molecule has 3 heterocycles. The van der Waals surface area contributed by atoms with Crippen LogP contribution in [-0.2, 0) is 17.0 Å². The maximum absolute atomic E-state index is 12.0. The first-order valence-corrected chi connectivity index (χ1v) is 10.8. The molecule has 0 bridgehead atoms. The molecule has 3 aromatic heterocycles. The predicted molar refractivity (Wildman–Crippen MR) is 116 cm³/mol. The molecule has 0 atom stereocenters. The van der Waals surface area contributed by atoms with Crippen LogP contribution in [0.3, 0.4) is 0 Å². The number of anilines is 1. The van der Waals surface area contributed by atoms with Crippen LogP contribution in [0.15, 0.2) is 47.8 Å². The number of hydrogen-bond donors (Lipinski definition) is 1. The zero-order valence-electron chi connectivity index (χ0n) is 16.0. The van der Waals surface area contributed by atoms with Gasteiger partial charge in [0.05, 0.1) is 23.2 Å². The summed E-state index contributed by atoms with van der Waals surface area (Å²) >= 11 is 3.04. The largest absolute Gasteiger partial charge is 0.465 e. The number of carbonyl (C=O) groups is 1. The van der Waals surface area contributed by atoms with Crippen LogP contribution in [0.25, 0.3) is 20.9 Å². The first-order valence-electron chi connectivity index (χ1n) is 8.99. The van der Waals surface area contributed by atoms with Gasteiger partial charge in [0.2, 0.25) is 0 Å². The van der Waals surface area contributed by atoms with E-state index in [1.165, 1.54) is 30.2 Å². The lowest BCUT2D eigenvalue weighted by Gasteiger charge is -2.09. The number of nitrogen functional groups attached to an aromatic ring is 1. The normalized spacial score (nSPS) is 11.1. The summed E-state index contributed by atoms with van der Waals surface area (Å²) in [6.07, 6.45) is 1.76. The summed E-state index contributed by atoms with van der Waals surface area (Å²) in [5.41, 5.74) is 8.49. The fourth-order valence-electron chi connectivity index (χ4n) is 3.06. The molecule has 0 spiro atoms. The molecule has 29 heavy (non-hydrogen) atoms. The Bertz CT molecular complexity index is 1180. The molecule has 0 fully saturated rings. The van der Waals surface area contributed by atoms with Gasteiger partial charge >= 0.3 is 5.97 Å². The average molecular weight is 426 g/mol. The molecule has 148 valence electrons. The molecule has 0 unspecified atom stereocenters. The van der Waals surface area contributed by atoms with Crippen molar-refractivity contribution < 1.29 is 9.53 Å². The average Bonchev–Trinajstić information content (AvgIpc) is 3.32. The highest BCUT2D eigenvalue weighted by Crippen LogP contribution is 2.40. The summed E-state index contributed by atoms with van der Waals surface area (Å²) in [6, 6.07) is 11.3. The number of fused-ring (bicyclic) bond motifs is 1. The molecule has 0 saturated heterocycles. The Labute approximate surface area is 175 Å². The fourth-order valence-corrected chi connectivity index (χ4v) is 5.13. The number of thiophene rings is 1. The quantitative estimate of drug-likeness (QED) is 0.365. The van der Waals surface area contributed by atoms with E-state index in [9.17, 15) is 4.79 Å². The van der Waals surface area contributed by atoms with Crippen molar-refractivity contribution in [3.63, 3.8) is 0 Å². The predicted octanol–water partition coefficient (Wildman–Crippen LogP) is 4.24. The van der Waals surface area contributed by atoms with E-state index >= 15 is 0 Å². The minimum absolute atomic E-state index is 0.343. The van der Waals surface area contributed by atoms with Gasteiger partial charge in [-0.3, -0.25) is 0 Å². The monoisotopic (exact) mass is 425 g/mol. The highest BCUT2D eigenvalue weighted by Gasteiger charge is 2.20. The van der Waals surface area contributed by atoms with E-state index < -0.39 is 0 Å². The zero-order valence-corrected chi connectivity index (χ0v) is 17.6. The van der Waals surface area contributed by atoms with E-state index in [-0.39, 0.29) is 5.97 Å². The number of hydrogen-bond acceptors (Lipinski definition) is 8. The van der Waals surface area contributed by atoms with Crippen LogP contribution in [0.2, 0.25) is 0 Å². The summed E-state index contributed by atoms with van der Waals surface area (Å²) in [6.45, 7) is 2.74. The number of benzene rings is 1. The molecular weight excluding hydrogens is 406 g/mol. The number of ether oxygens (including phenoxy) is 1. The van der Waals surface area contributed by atoms with Crippen molar-refractivity contribution in [3.05, 3.63) is 53.7 Å². The number of pyridine rings is 1. The van der Waals surface area contributed by atoms with Gasteiger partial charge in [-0.05, 0) is 30.7 Å². The summed E-state index contributed by atoms with van der Waals surface area (Å²) in [7, 11) is 1.39. The van der Waals surface area contributed by atoms with Crippen LogP contribution >= 0.6 is 23.1 Å². The number of rotatable bonds is 6. The Balaban J connectivity index is 1.65. The van der Waals surface area contributed by atoms with Crippen LogP contribution in [-0.4, -0.2) is 32.8 Å². The number of methoxy groups -OCH3 is 1. The lowest BCUT2D eigenvalue weighted by Crippen LogP contribution is -2.05. The highest BCUT2D eigenvalue weighted by molar-refractivity contribution is 7.98. The number of esters is 1. The van der Waals surface area contributed by atoms with Crippen LogP contribution < -0.4 is 5.73 Å². The molecule has 2 N–H and O–H groups in total. The van der Waals surface area contributed by atoms with Crippen LogP contribution in [0, 0.1) is 0 Å². The minimum atomic E-state index is -0.343. The van der Waals surface area contributed by atoms with Gasteiger partial charge in [-0.15, -0.1) is 21.5 Å². The maximum Gasteiger partial charge on any atom is 0.338 e. The summed E-state index contributed by atoms with van der Waals surface area (Å²) in [5, 5.41) is 10.5. The van der Waals surface area contributed by atoms with Crippen LogP contribution in [0.5, 0.6) is 0 Å². The molecule has 0 aliphatic heterocycles. The first-order chi connectivity index (χ1) is 14.1. The van der Waals surface area contributed by atoms with Gasteiger partial charge < -0.3 is 15.0 Å². The van der Waals surface area contributed by atoms with Crippen molar-refractivity contribution in [3.8, 4) is 10.7 Å². The summed E-state index contributed by atoms with van der Waals surface area (Å²) < 4.78 is 6.91. The Morgan fingerprint density at radius 1 is 1.24 bits per heavy atom. The molecule has 1 aromatic carbocycles. The van der Waals surface area contributed by atoms with E-state index in [1.807, 2.05) is 41.8 Å². The van der Waals surface area contributed by atoms with Crippen molar-refractivity contribution in [2.45, 2.75) is 24.4 Å². The zero-order chi connectivity index (χ0) is 20.4. The molecule has 0 aliphatic carbocycles.